The third kappa shape index (κ3) is 2.98. The summed E-state index contributed by atoms with van der Waals surface area (Å²) in [4.78, 5) is 11.4. The number of hydrogen-bond donors (Lipinski definition) is 2. The standard InChI is InChI=1S/C11H19NO2/c13-10-4-3-9(5-10)7-12-11(14)6-8-1-2-8/h8-10,13H,1-7H2,(H,12,14). The van der Waals surface area contributed by atoms with Crippen molar-refractivity contribution >= 4 is 5.91 Å². The van der Waals surface area contributed by atoms with E-state index in [9.17, 15) is 9.90 Å². The number of carbonyl (C=O) groups excluding carboxylic acids is 1. The largest absolute Gasteiger partial charge is 0.393 e. The zero-order valence-electron chi connectivity index (χ0n) is 8.54. The lowest BCUT2D eigenvalue weighted by Crippen LogP contribution is -2.28. The summed E-state index contributed by atoms with van der Waals surface area (Å²) in [5.41, 5.74) is 0. The highest BCUT2D eigenvalue weighted by Gasteiger charge is 2.26. The Bertz CT molecular complexity index is 213. The van der Waals surface area contributed by atoms with Crippen LogP contribution in [0.25, 0.3) is 0 Å². The lowest BCUT2D eigenvalue weighted by atomic mass is 10.1. The molecule has 0 aromatic heterocycles. The normalized spacial score (nSPS) is 31.8. The molecule has 0 aromatic carbocycles. The average Bonchev–Trinajstić information content (AvgIpc) is 2.85. The Morgan fingerprint density at radius 3 is 2.50 bits per heavy atom. The Balaban J connectivity index is 1.59. The molecule has 2 aliphatic carbocycles. The SMILES string of the molecule is O=C(CC1CC1)NCC1CCC(O)C1. The van der Waals surface area contributed by atoms with E-state index in [-0.39, 0.29) is 12.0 Å². The maximum absolute atomic E-state index is 11.4. The summed E-state index contributed by atoms with van der Waals surface area (Å²) in [6.07, 6.45) is 5.89. The van der Waals surface area contributed by atoms with Crippen LogP contribution in [0.15, 0.2) is 0 Å². The molecule has 2 atom stereocenters. The highest BCUT2D eigenvalue weighted by atomic mass is 16.3. The van der Waals surface area contributed by atoms with Crippen LogP contribution >= 0.6 is 0 Å². The van der Waals surface area contributed by atoms with E-state index >= 15 is 0 Å². The Kier molecular flexibility index (Phi) is 3.06. The van der Waals surface area contributed by atoms with Gasteiger partial charge in [-0.1, -0.05) is 0 Å². The molecule has 0 bridgehead atoms. The number of aliphatic hydroxyl groups excluding tert-OH is 1. The highest BCUT2D eigenvalue weighted by molar-refractivity contribution is 5.76. The van der Waals surface area contributed by atoms with E-state index < -0.39 is 0 Å². The van der Waals surface area contributed by atoms with Gasteiger partial charge in [-0.15, -0.1) is 0 Å². The van der Waals surface area contributed by atoms with E-state index in [0.29, 0.717) is 11.8 Å². The molecule has 0 radical (unpaired) electrons. The zero-order valence-corrected chi connectivity index (χ0v) is 8.54. The van der Waals surface area contributed by atoms with Gasteiger partial charge in [0.2, 0.25) is 5.91 Å². The number of carbonyl (C=O) groups is 1. The smallest absolute Gasteiger partial charge is 0.220 e. The fourth-order valence-electron chi connectivity index (χ4n) is 2.15. The summed E-state index contributed by atoms with van der Waals surface area (Å²) >= 11 is 0. The van der Waals surface area contributed by atoms with Crippen molar-refractivity contribution in [3.63, 3.8) is 0 Å². The van der Waals surface area contributed by atoms with Crippen molar-refractivity contribution in [2.24, 2.45) is 11.8 Å². The van der Waals surface area contributed by atoms with Crippen molar-refractivity contribution in [1.82, 2.24) is 5.32 Å². The van der Waals surface area contributed by atoms with E-state index in [1.165, 1.54) is 12.8 Å². The molecule has 2 rings (SSSR count). The number of aliphatic hydroxyl groups is 1. The molecule has 0 heterocycles. The first-order valence-corrected chi connectivity index (χ1v) is 5.69. The fraction of sp³-hybridized carbons (Fsp3) is 0.909. The van der Waals surface area contributed by atoms with Crippen LogP contribution in [0.1, 0.15) is 38.5 Å². The predicted octanol–water partition coefficient (Wildman–Crippen LogP) is 1.06. The number of amides is 1. The van der Waals surface area contributed by atoms with Gasteiger partial charge in [0.15, 0.2) is 0 Å². The Morgan fingerprint density at radius 1 is 1.21 bits per heavy atom. The van der Waals surface area contributed by atoms with Gasteiger partial charge in [-0.2, -0.15) is 0 Å². The summed E-state index contributed by atoms with van der Waals surface area (Å²) in [5.74, 6) is 1.38. The van der Waals surface area contributed by atoms with Crippen LogP contribution in [0.2, 0.25) is 0 Å². The molecule has 1 amide bonds. The Morgan fingerprint density at radius 2 is 1.93 bits per heavy atom. The van der Waals surface area contributed by atoms with Crippen LogP contribution in [0, 0.1) is 11.8 Å². The van der Waals surface area contributed by atoms with Crippen molar-refractivity contribution in [3.8, 4) is 0 Å². The molecule has 2 N–H and O–H groups in total. The lowest BCUT2D eigenvalue weighted by molar-refractivity contribution is -0.121. The molecule has 2 aliphatic rings. The van der Waals surface area contributed by atoms with E-state index in [4.69, 9.17) is 0 Å². The van der Waals surface area contributed by atoms with Crippen LogP contribution < -0.4 is 5.32 Å². The molecule has 3 heteroatoms. The summed E-state index contributed by atoms with van der Waals surface area (Å²) < 4.78 is 0. The molecule has 80 valence electrons. The van der Waals surface area contributed by atoms with E-state index in [1.54, 1.807) is 0 Å². The molecule has 0 saturated heterocycles. The maximum atomic E-state index is 11.4. The first-order chi connectivity index (χ1) is 6.74. The van der Waals surface area contributed by atoms with Crippen molar-refractivity contribution in [2.75, 3.05) is 6.54 Å². The third-order valence-electron chi connectivity index (χ3n) is 3.27. The molecule has 2 saturated carbocycles. The van der Waals surface area contributed by atoms with Crippen molar-refractivity contribution in [2.45, 2.75) is 44.6 Å². The first-order valence-electron chi connectivity index (χ1n) is 5.69. The summed E-state index contributed by atoms with van der Waals surface area (Å²) in [7, 11) is 0. The maximum Gasteiger partial charge on any atom is 0.220 e. The first kappa shape index (κ1) is 9.97. The summed E-state index contributed by atoms with van der Waals surface area (Å²) in [6.45, 7) is 0.766. The predicted molar refractivity (Wildman–Crippen MR) is 53.7 cm³/mol. The molecule has 2 fully saturated rings. The van der Waals surface area contributed by atoms with Crippen LogP contribution in [0.3, 0.4) is 0 Å². The van der Waals surface area contributed by atoms with E-state index in [1.807, 2.05) is 0 Å². The van der Waals surface area contributed by atoms with Gasteiger partial charge in [0.25, 0.3) is 0 Å². The number of nitrogens with one attached hydrogen (secondary N) is 1. The average molecular weight is 197 g/mol. The van der Waals surface area contributed by atoms with Gasteiger partial charge in [0, 0.05) is 13.0 Å². The minimum absolute atomic E-state index is 0.125. The van der Waals surface area contributed by atoms with Crippen molar-refractivity contribution < 1.29 is 9.90 Å². The van der Waals surface area contributed by atoms with E-state index in [0.717, 1.165) is 32.2 Å². The zero-order chi connectivity index (χ0) is 9.97. The van der Waals surface area contributed by atoms with Gasteiger partial charge < -0.3 is 10.4 Å². The minimum Gasteiger partial charge on any atom is -0.393 e. The van der Waals surface area contributed by atoms with Gasteiger partial charge in [0.05, 0.1) is 6.10 Å². The van der Waals surface area contributed by atoms with E-state index in [2.05, 4.69) is 5.32 Å². The van der Waals surface area contributed by atoms with Crippen LogP contribution in [-0.4, -0.2) is 23.7 Å². The number of rotatable bonds is 4. The summed E-state index contributed by atoms with van der Waals surface area (Å²) in [5, 5.41) is 12.3. The van der Waals surface area contributed by atoms with Gasteiger partial charge in [-0.3, -0.25) is 4.79 Å². The van der Waals surface area contributed by atoms with Crippen LogP contribution in [0.5, 0.6) is 0 Å². The molecule has 0 aromatic rings. The molecule has 14 heavy (non-hydrogen) atoms. The molecule has 0 spiro atoms. The van der Waals surface area contributed by atoms with Crippen molar-refractivity contribution in [1.29, 1.82) is 0 Å². The van der Waals surface area contributed by atoms with Crippen LogP contribution in [-0.2, 0) is 4.79 Å². The van der Waals surface area contributed by atoms with Crippen LogP contribution in [0.4, 0.5) is 0 Å². The molecular formula is C11H19NO2. The molecule has 2 unspecified atom stereocenters. The number of hydrogen-bond acceptors (Lipinski definition) is 2. The topological polar surface area (TPSA) is 49.3 Å². The van der Waals surface area contributed by atoms with Crippen molar-refractivity contribution in [3.05, 3.63) is 0 Å². The summed E-state index contributed by atoms with van der Waals surface area (Å²) in [6, 6.07) is 0. The second-order valence-electron chi connectivity index (χ2n) is 4.78. The Hall–Kier alpha value is -0.570. The second-order valence-corrected chi connectivity index (χ2v) is 4.78. The van der Waals surface area contributed by atoms with Gasteiger partial charge in [-0.05, 0) is 43.9 Å². The second kappa shape index (κ2) is 4.30. The molecule has 3 nitrogen and oxygen atoms in total. The third-order valence-corrected chi connectivity index (χ3v) is 3.27. The monoisotopic (exact) mass is 197 g/mol. The lowest BCUT2D eigenvalue weighted by Gasteiger charge is -2.10. The van der Waals surface area contributed by atoms with Gasteiger partial charge in [-0.25, -0.2) is 0 Å². The fourth-order valence-corrected chi connectivity index (χ4v) is 2.15. The minimum atomic E-state index is -0.125. The van der Waals surface area contributed by atoms with Gasteiger partial charge >= 0.3 is 0 Å². The highest BCUT2D eigenvalue weighted by Crippen LogP contribution is 2.32. The Labute approximate surface area is 84.9 Å². The quantitative estimate of drug-likeness (QED) is 0.708. The molecule has 0 aliphatic heterocycles. The molecular weight excluding hydrogens is 178 g/mol. The van der Waals surface area contributed by atoms with Gasteiger partial charge in [0.1, 0.15) is 0 Å².